The van der Waals surface area contributed by atoms with Crippen LogP contribution in [0.1, 0.15) is 5.56 Å². The van der Waals surface area contributed by atoms with Crippen molar-refractivity contribution in [1.82, 2.24) is 19.5 Å². The first-order chi connectivity index (χ1) is 9.70. The van der Waals surface area contributed by atoms with E-state index in [1.54, 1.807) is 22.8 Å². The van der Waals surface area contributed by atoms with E-state index < -0.39 is 0 Å². The second-order valence-electron chi connectivity index (χ2n) is 4.19. The molecule has 0 bridgehead atoms. The largest absolute Gasteiger partial charge is 0.479 e. The van der Waals surface area contributed by atoms with Gasteiger partial charge >= 0.3 is 0 Å². The number of nitrogens with one attached hydrogen (secondary N) is 1. The number of benzene rings is 1. The minimum absolute atomic E-state index is 0.273. The minimum Gasteiger partial charge on any atom is -0.479 e. The molecule has 1 aromatic carbocycles. The molecule has 5 nitrogen and oxygen atoms in total. The highest BCUT2D eigenvalue weighted by Gasteiger charge is 2.12. The Kier molecular flexibility index (Phi) is 3.19. The van der Waals surface area contributed by atoms with Crippen LogP contribution in [0.3, 0.4) is 0 Å². The fraction of sp³-hybridized carbons (Fsp3) is 0.154. The summed E-state index contributed by atoms with van der Waals surface area (Å²) < 4.78 is 21.1. The SMILES string of the molecule is COc1ncnc2c1[nH]c(=S)n2Cc1ccccc1F. The third-order valence-corrected chi connectivity index (χ3v) is 3.33. The standard InChI is InChI=1S/C13H11FN4OS/c1-19-12-10-11(15-7-16-12)18(13(20)17-10)6-8-4-2-3-5-9(8)14/h2-5,7H,6H2,1H3,(H,17,20). The molecule has 0 aliphatic carbocycles. The average molecular weight is 290 g/mol. The molecule has 0 amide bonds. The van der Waals surface area contributed by atoms with Gasteiger partial charge in [0.1, 0.15) is 17.7 Å². The van der Waals surface area contributed by atoms with Crippen LogP contribution < -0.4 is 4.74 Å². The summed E-state index contributed by atoms with van der Waals surface area (Å²) in [5.74, 6) is 0.137. The quantitative estimate of drug-likeness (QED) is 0.754. The highest BCUT2D eigenvalue weighted by molar-refractivity contribution is 7.71. The van der Waals surface area contributed by atoms with E-state index in [0.717, 1.165) is 0 Å². The van der Waals surface area contributed by atoms with Crippen molar-refractivity contribution < 1.29 is 9.13 Å². The number of fused-ring (bicyclic) bond motifs is 1. The van der Waals surface area contributed by atoms with Crippen molar-refractivity contribution >= 4 is 23.4 Å². The van der Waals surface area contributed by atoms with Gasteiger partial charge in [-0.2, -0.15) is 4.98 Å². The third kappa shape index (κ3) is 2.05. The number of ether oxygens (including phenoxy) is 1. The zero-order valence-corrected chi connectivity index (χ0v) is 11.4. The number of halogens is 1. The number of nitrogens with zero attached hydrogens (tertiary/aromatic N) is 3. The van der Waals surface area contributed by atoms with E-state index in [9.17, 15) is 4.39 Å². The molecule has 20 heavy (non-hydrogen) atoms. The predicted octanol–water partition coefficient (Wildman–Crippen LogP) is 2.68. The third-order valence-electron chi connectivity index (χ3n) is 3.00. The highest BCUT2D eigenvalue weighted by atomic mass is 32.1. The van der Waals surface area contributed by atoms with Crippen LogP contribution in [-0.2, 0) is 6.54 Å². The molecule has 3 rings (SSSR count). The zero-order valence-electron chi connectivity index (χ0n) is 10.6. The van der Waals surface area contributed by atoms with Crippen LogP contribution >= 0.6 is 12.2 Å². The molecule has 0 saturated heterocycles. The van der Waals surface area contributed by atoms with E-state index in [1.807, 2.05) is 0 Å². The number of hydrogen-bond acceptors (Lipinski definition) is 4. The predicted molar refractivity (Wildman–Crippen MR) is 74.8 cm³/mol. The van der Waals surface area contributed by atoms with Gasteiger partial charge in [0.15, 0.2) is 10.4 Å². The van der Waals surface area contributed by atoms with E-state index in [1.165, 1.54) is 19.5 Å². The molecule has 0 atom stereocenters. The maximum atomic E-state index is 13.7. The first-order valence-corrected chi connectivity index (χ1v) is 6.32. The van der Waals surface area contributed by atoms with E-state index >= 15 is 0 Å². The number of rotatable bonds is 3. The Hall–Kier alpha value is -2.28. The molecule has 102 valence electrons. The van der Waals surface area contributed by atoms with Crippen molar-refractivity contribution in [2.45, 2.75) is 6.54 Å². The van der Waals surface area contributed by atoms with Crippen molar-refractivity contribution in [3.63, 3.8) is 0 Å². The monoisotopic (exact) mass is 290 g/mol. The molecule has 2 aromatic heterocycles. The first kappa shape index (κ1) is 12.7. The smallest absolute Gasteiger partial charge is 0.242 e. The average Bonchev–Trinajstić information content (AvgIpc) is 2.77. The Bertz CT molecular complexity index is 827. The van der Waals surface area contributed by atoms with Gasteiger partial charge in [-0.25, -0.2) is 9.37 Å². The minimum atomic E-state index is -0.273. The molecule has 7 heteroatoms. The number of hydrogen-bond donors (Lipinski definition) is 1. The summed E-state index contributed by atoms with van der Waals surface area (Å²) >= 11 is 5.26. The molecule has 0 radical (unpaired) electrons. The van der Waals surface area contributed by atoms with Gasteiger partial charge in [-0.1, -0.05) is 18.2 Å². The van der Waals surface area contributed by atoms with Crippen molar-refractivity contribution in [1.29, 1.82) is 0 Å². The molecular formula is C13H11FN4OS. The topological polar surface area (TPSA) is 55.7 Å². The fourth-order valence-corrected chi connectivity index (χ4v) is 2.30. The summed E-state index contributed by atoms with van der Waals surface area (Å²) in [5, 5.41) is 0. The summed E-state index contributed by atoms with van der Waals surface area (Å²) in [6, 6.07) is 6.57. The van der Waals surface area contributed by atoms with E-state index in [2.05, 4.69) is 15.0 Å². The van der Waals surface area contributed by atoms with Crippen LogP contribution in [0.25, 0.3) is 11.2 Å². The fourth-order valence-electron chi connectivity index (χ4n) is 2.04. The summed E-state index contributed by atoms with van der Waals surface area (Å²) in [5.41, 5.74) is 1.74. The van der Waals surface area contributed by atoms with E-state index in [0.29, 0.717) is 33.9 Å². The lowest BCUT2D eigenvalue weighted by Crippen LogP contribution is -2.03. The molecular weight excluding hydrogens is 279 g/mol. The van der Waals surface area contributed by atoms with Crippen LogP contribution in [0.15, 0.2) is 30.6 Å². The van der Waals surface area contributed by atoms with Crippen LogP contribution in [0.2, 0.25) is 0 Å². The summed E-state index contributed by atoms with van der Waals surface area (Å²) in [7, 11) is 1.52. The van der Waals surface area contributed by atoms with E-state index in [-0.39, 0.29) is 5.82 Å². The van der Waals surface area contributed by atoms with Gasteiger partial charge in [0.05, 0.1) is 13.7 Å². The Morgan fingerprint density at radius 1 is 1.35 bits per heavy atom. The molecule has 0 aliphatic rings. The maximum absolute atomic E-state index is 13.7. The second kappa shape index (κ2) is 5.01. The lowest BCUT2D eigenvalue weighted by Gasteiger charge is -2.05. The van der Waals surface area contributed by atoms with Crippen molar-refractivity contribution in [3.05, 3.63) is 46.7 Å². The van der Waals surface area contributed by atoms with Crippen LogP contribution in [0.4, 0.5) is 4.39 Å². The Labute approximate surface area is 119 Å². The molecule has 0 aliphatic heterocycles. The summed E-state index contributed by atoms with van der Waals surface area (Å²) in [6.45, 7) is 0.297. The normalized spacial score (nSPS) is 10.9. The van der Waals surface area contributed by atoms with Gasteiger partial charge in [-0.15, -0.1) is 0 Å². The molecule has 0 unspecified atom stereocenters. The molecule has 3 aromatic rings. The van der Waals surface area contributed by atoms with Gasteiger partial charge in [0.2, 0.25) is 5.88 Å². The van der Waals surface area contributed by atoms with Crippen molar-refractivity contribution in [3.8, 4) is 5.88 Å². The van der Waals surface area contributed by atoms with Gasteiger partial charge < -0.3 is 9.72 Å². The molecule has 1 N–H and O–H groups in total. The first-order valence-electron chi connectivity index (χ1n) is 5.91. The number of aromatic nitrogens is 4. The zero-order chi connectivity index (χ0) is 14.1. The van der Waals surface area contributed by atoms with Crippen molar-refractivity contribution in [2.75, 3.05) is 7.11 Å². The number of imidazole rings is 1. The Balaban J connectivity index is 2.15. The summed E-state index contributed by atoms with van der Waals surface area (Å²) in [6.07, 6.45) is 1.39. The van der Waals surface area contributed by atoms with Gasteiger partial charge in [-0.3, -0.25) is 4.57 Å². The number of aromatic amines is 1. The Morgan fingerprint density at radius 3 is 2.90 bits per heavy atom. The van der Waals surface area contributed by atoms with Crippen LogP contribution in [-0.4, -0.2) is 26.6 Å². The molecule has 0 spiro atoms. The van der Waals surface area contributed by atoms with Crippen molar-refractivity contribution in [2.24, 2.45) is 0 Å². The van der Waals surface area contributed by atoms with Crippen LogP contribution in [0, 0.1) is 10.6 Å². The highest BCUT2D eigenvalue weighted by Crippen LogP contribution is 2.21. The second-order valence-corrected chi connectivity index (χ2v) is 4.58. The number of H-pyrrole nitrogens is 1. The van der Waals surface area contributed by atoms with Crippen LogP contribution in [0.5, 0.6) is 5.88 Å². The maximum Gasteiger partial charge on any atom is 0.242 e. The number of methoxy groups -OCH3 is 1. The Morgan fingerprint density at radius 2 is 2.15 bits per heavy atom. The molecule has 2 heterocycles. The van der Waals surface area contributed by atoms with Gasteiger partial charge in [-0.05, 0) is 18.3 Å². The van der Waals surface area contributed by atoms with E-state index in [4.69, 9.17) is 17.0 Å². The summed E-state index contributed by atoms with van der Waals surface area (Å²) in [4.78, 5) is 11.2. The van der Waals surface area contributed by atoms with Gasteiger partial charge in [0, 0.05) is 5.56 Å². The van der Waals surface area contributed by atoms with Gasteiger partial charge in [0.25, 0.3) is 0 Å². The lowest BCUT2D eigenvalue weighted by atomic mass is 10.2. The molecule has 0 saturated carbocycles. The molecule has 0 fully saturated rings. The lowest BCUT2D eigenvalue weighted by molar-refractivity contribution is 0.401.